The molecule has 1 N–H and O–H groups in total. The Kier molecular flexibility index (Phi) is 6.20. The minimum absolute atomic E-state index is 0.0543. The molecule has 7 nitrogen and oxygen atoms in total. The summed E-state index contributed by atoms with van der Waals surface area (Å²) >= 11 is 7.28. The van der Waals surface area contributed by atoms with Gasteiger partial charge in [0.2, 0.25) is 11.0 Å². The van der Waals surface area contributed by atoms with Crippen LogP contribution < -0.4 is 15.0 Å². The highest BCUT2D eigenvalue weighted by Crippen LogP contribution is 2.34. The number of methoxy groups -OCH3 is 1. The Morgan fingerprint density at radius 3 is 2.74 bits per heavy atom. The molecule has 0 radical (unpaired) electrons. The van der Waals surface area contributed by atoms with Crippen LogP contribution in [0, 0.1) is 0 Å². The van der Waals surface area contributed by atoms with E-state index in [-0.39, 0.29) is 17.7 Å². The van der Waals surface area contributed by atoms with Gasteiger partial charge in [-0.05, 0) is 42.3 Å². The van der Waals surface area contributed by atoms with Crippen molar-refractivity contribution >= 4 is 45.6 Å². The molecular weight excluding hydrogens is 436 g/mol. The number of hydrogen-bond acceptors (Lipinski definition) is 6. The van der Waals surface area contributed by atoms with Gasteiger partial charge in [0, 0.05) is 29.6 Å². The fourth-order valence-corrected chi connectivity index (χ4v) is 4.51. The Bertz CT molecular complexity index is 1120. The van der Waals surface area contributed by atoms with E-state index in [1.165, 1.54) is 30.1 Å². The van der Waals surface area contributed by atoms with Gasteiger partial charge < -0.3 is 9.64 Å². The van der Waals surface area contributed by atoms with Crippen LogP contribution in [0.15, 0.2) is 42.5 Å². The van der Waals surface area contributed by atoms with Crippen molar-refractivity contribution in [3.8, 4) is 5.75 Å². The van der Waals surface area contributed by atoms with Crippen LogP contribution in [0.4, 0.5) is 10.8 Å². The number of rotatable bonds is 6. The quantitative estimate of drug-likeness (QED) is 0.588. The van der Waals surface area contributed by atoms with Gasteiger partial charge in [-0.25, -0.2) is 0 Å². The predicted molar refractivity (Wildman–Crippen MR) is 121 cm³/mol. The van der Waals surface area contributed by atoms with E-state index in [9.17, 15) is 9.59 Å². The van der Waals surface area contributed by atoms with Gasteiger partial charge in [-0.2, -0.15) is 0 Å². The summed E-state index contributed by atoms with van der Waals surface area (Å²) in [6.07, 6.45) is 1.32. The molecule has 0 saturated carbocycles. The highest BCUT2D eigenvalue weighted by molar-refractivity contribution is 7.15. The first-order valence-electron chi connectivity index (χ1n) is 9.86. The molecule has 2 heterocycles. The van der Waals surface area contributed by atoms with Crippen LogP contribution in [0.1, 0.15) is 40.2 Å². The highest BCUT2D eigenvalue weighted by atomic mass is 35.5. The first-order valence-corrected chi connectivity index (χ1v) is 11.1. The lowest BCUT2D eigenvalue weighted by molar-refractivity contribution is -0.117. The summed E-state index contributed by atoms with van der Waals surface area (Å²) in [5, 5.41) is 12.5. The largest absolute Gasteiger partial charge is 0.496 e. The average molecular weight is 457 g/mol. The van der Waals surface area contributed by atoms with Crippen molar-refractivity contribution in [1.82, 2.24) is 10.2 Å². The molecule has 3 aromatic rings. The minimum Gasteiger partial charge on any atom is -0.496 e. The smallest absolute Gasteiger partial charge is 0.261 e. The predicted octanol–water partition coefficient (Wildman–Crippen LogP) is 4.54. The molecule has 9 heteroatoms. The number of anilines is 2. The zero-order chi connectivity index (χ0) is 22.0. The monoisotopic (exact) mass is 456 g/mol. The van der Waals surface area contributed by atoms with Gasteiger partial charge in [0.15, 0.2) is 0 Å². The standard InChI is InChI=1S/C22H21ClN4O3S/c1-3-13-4-7-16(8-5-13)27-12-14(10-19(27)28)21-25-26-22(31-21)24-20(29)17-11-15(23)6-9-18(17)30-2/h4-9,11,14H,3,10,12H2,1-2H3,(H,24,26,29). The van der Waals surface area contributed by atoms with Crippen LogP contribution in [0.5, 0.6) is 5.75 Å². The van der Waals surface area contributed by atoms with Crippen molar-refractivity contribution in [2.45, 2.75) is 25.7 Å². The van der Waals surface area contributed by atoms with E-state index in [0.717, 1.165) is 17.1 Å². The summed E-state index contributed by atoms with van der Waals surface area (Å²) in [7, 11) is 1.49. The van der Waals surface area contributed by atoms with Crippen LogP contribution in [0.3, 0.4) is 0 Å². The van der Waals surface area contributed by atoms with E-state index in [2.05, 4.69) is 22.4 Å². The van der Waals surface area contributed by atoms with Crippen LogP contribution in [-0.4, -0.2) is 35.7 Å². The summed E-state index contributed by atoms with van der Waals surface area (Å²) in [4.78, 5) is 27.0. The number of aryl methyl sites for hydroxylation is 1. The molecule has 2 amide bonds. The Balaban J connectivity index is 1.46. The van der Waals surface area contributed by atoms with E-state index in [0.29, 0.717) is 34.4 Å². The second kappa shape index (κ2) is 9.03. The van der Waals surface area contributed by atoms with Gasteiger partial charge in [-0.15, -0.1) is 10.2 Å². The minimum atomic E-state index is -0.387. The van der Waals surface area contributed by atoms with Crippen molar-refractivity contribution in [3.05, 3.63) is 63.6 Å². The van der Waals surface area contributed by atoms with E-state index < -0.39 is 0 Å². The topological polar surface area (TPSA) is 84.4 Å². The molecule has 1 aliphatic heterocycles. The molecule has 0 spiro atoms. The Morgan fingerprint density at radius 2 is 2.03 bits per heavy atom. The summed E-state index contributed by atoms with van der Waals surface area (Å²) in [6, 6.07) is 12.9. The molecule has 1 aliphatic rings. The molecule has 1 fully saturated rings. The number of hydrogen-bond donors (Lipinski definition) is 1. The number of benzene rings is 2. The molecule has 0 bridgehead atoms. The molecule has 2 aromatic carbocycles. The van der Waals surface area contributed by atoms with Gasteiger partial charge in [-0.3, -0.25) is 14.9 Å². The fourth-order valence-electron chi connectivity index (χ4n) is 3.51. The van der Waals surface area contributed by atoms with Crippen molar-refractivity contribution in [3.63, 3.8) is 0 Å². The van der Waals surface area contributed by atoms with E-state index in [1.807, 2.05) is 24.3 Å². The van der Waals surface area contributed by atoms with Crippen LogP contribution in [0.25, 0.3) is 0 Å². The van der Waals surface area contributed by atoms with E-state index >= 15 is 0 Å². The average Bonchev–Trinajstić information content (AvgIpc) is 3.40. The first-order chi connectivity index (χ1) is 15.0. The molecule has 0 aliphatic carbocycles. The number of nitrogens with one attached hydrogen (secondary N) is 1. The second-order valence-corrected chi connectivity index (χ2v) is 8.62. The number of carbonyl (C=O) groups excluding carboxylic acids is 2. The van der Waals surface area contributed by atoms with E-state index in [1.54, 1.807) is 17.0 Å². The number of carbonyl (C=O) groups is 2. The van der Waals surface area contributed by atoms with Gasteiger partial charge in [-0.1, -0.05) is 42.0 Å². The van der Waals surface area contributed by atoms with Crippen LogP contribution in [-0.2, 0) is 11.2 Å². The molecule has 1 unspecified atom stereocenters. The molecule has 31 heavy (non-hydrogen) atoms. The number of aromatic nitrogens is 2. The lowest BCUT2D eigenvalue weighted by atomic mass is 10.1. The summed E-state index contributed by atoms with van der Waals surface area (Å²) in [5.74, 6) is 0.0147. The van der Waals surface area contributed by atoms with Crippen molar-refractivity contribution in [2.75, 3.05) is 23.9 Å². The molecule has 1 aromatic heterocycles. The third-order valence-electron chi connectivity index (χ3n) is 5.20. The zero-order valence-corrected chi connectivity index (χ0v) is 18.7. The number of ether oxygens (including phenoxy) is 1. The van der Waals surface area contributed by atoms with Crippen LogP contribution in [0.2, 0.25) is 5.02 Å². The van der Waals surface area contributed by atoms with Crippen molar-refractivity contribution < 1.29 is 14.3 Å². The maximum Gasteiger partial charge on any atom is 0.261 e. The normalized spacial score (nSPS) is 15.9. The highest BCUT2D eigenvalue weighted by Gasteiger charge is 2.34. The SMILES string of the molecule is CCc1ccc(N2CC(c3nnc(NC(=O)c4cc(Cl)ccc4OC)s3)CC2=O)cc1. The van der Waals surface area contributed by atoms with Crippen molar-refractivity contribution in [1.29, 1.82) is 0 Å². The zero-order valence-electron chi connectivity index (χ0n) is 17.1. The second-order valence-electron chi connectivity index (χ2n) is 7.17. The van der Waals surface area contributed by atoms with E-state index in [4.69, 9.17) is 16.3 Å². The van der Waals surface area contributed by atoms with Gasteiger partial charge in [0.05, 0.1) is 12.7 Å². The Hall–Kier alpha value is -2.97. The molecule has 160 valence electrons. The lowest BCUT2D eigenvalue weighted by Crippen LogP contribution is -2.24. The van der Waals surface area contributed by atoms with Crippen LogP contribution >= 0.6 is 22.9 Å². The third-order valence-corrected chi connectivity index (χ3v) is 6.43. The number of nitrogens with zero attached hydrogens (tertiary/aromatic N) is 3. The number of amides is 2. The number of halogens is 1. The maximum atomic E-state index is 12.6. The summed E-state index contributed by atoms with van der Waals surface area (Å²) in [5.41, 5.74) is 2.42. The van der Waals surface area contributed by atoms with Crippen molar-refractivity contribution in [2.24, 2.45) is 0 Å². The summed E-state index contributed by atoms with van der Waals surface area (Å²) < 4.78 is 5.23. The first kappa shape index (κ1) is 21.3. The van der Waals surface area contributed by atoms with Gasteiger partial charge in [0.25, 0.3) is 5.91 Å². The third kappa shape index (κ3) is 4.55. The maximum absolute atomic E-state index is 12.6. The summed E-state index contributed by atoms with van der Waals surface area (Å²) in [6.45, 7) is 2.63. The molecular formula is C22H21ClN4O3S. The molecule has 1 saturated heterocycles. The fraction of sp³-hybridized carbons (Fsp3) is 0.273. The molecule has 1 atom stereocenters. The van der Waals surface area contributed by atoms with Gasteiger partial charge >= 0.3 is 0 Å². The Morgan fingerprint density at radius 1 is 1.26 bits per heavy atom. The van der Waals surface area contributed by atoms with Gasteiger partial charge in [0.1, 0.15) is 10.8 Å². The lowest BCUT2D eigenvalue weighted by Gasteiger charge is -2.16. The molecule has 4 rings (SSSR count). The Labute approximate surface area is 189 Å².